The molecule has 1 aromatic heterocycles. The highest BCUT2D eigenvalue weighted by Gasteiger charge is 2.48. The smallest absolute Gasteiger partial charge is 0.241 e. The quantitative estimate of drug-likeness (QED) is 0.580. The Morgan fingerprint density at radius 1 is 1.17 bits per heavy atom. The zero-order valence-corrected chi connectivity index (χ0v) is 21.4. The summed E-state index contributed by atoms with van der Waals surface area (Å²) in [4.78, 5) is 18.2. The van der Waals surface area contributed by atoms with Crippen molar-refractivity contribution in [1.29, 1.82) is 0 Å². The standard InChI is InChI=1S/C27H30ClN5O.ClH/c1-19-15-31(23(14-29-19)16-32-10-4-9-30-32)17-26(34)33-18-27(24-8-7-22(28)11-25(24)33)12-20-5-2-3-6-21(20)13-27;/h2-11,19,23,29H,12-18H2,1H3;1H/t19-,23-;/m1./s1. The Kier molecular flexibility index (Phi) is 6.66. The molecular formula is C27H31Cl2N5O. The first kappa shape index (κ1) is 24.3. The van der Waals surface area contributed by atoms with Gasteiger partial charge in [0.2, 0.25) is 5.91 Å². The Bertz CT molecular complexity index is 1190. The molecule has 1 amide bonds. The van der Waals surface area contributed by atoms with Gasteiger partial charge in [-0.25, -0.2) is 0 Å². The van der Waals surface area contributed by atoms with Crippen molar-refractivity contribution >= 4 is 35.6 Å². The van der Waals surface area contributed by atoms with E-state index >= 15 is 0 Å². The van der Waals surface area contributed by atoms with Crippen LogP contribution in [0.2, 0.25) is 5.02 Å². The molecule has 35 heavy (non-hydrogen) atoms. The van der Waals surface area contributed by atoms with E-state index < -0.39 is 0 Å². The predicted molar refractivity (Wildman–Crippen MR) is 142 cm³/mol. The Morgan fingerprint density at radius 2 is 1.94 bits per heavy atom. The van der Waals surface area contributed by atoms with E-state index in [1.807, 2.05) is 34.0 Å². The molecule has 3 aliphatic rings. The Hall–Kier alpha value is -2.38. The number of nitrogens with one attached hydrogen (secondary N) is 1. The van der Waals surface area contributed by atoms with Gasteiger partial charge in [-0.15, -0.1) is 12.4 Å². The zero-order chi connectivity index (χ0) is 23.3. The van der Waals surface area contributed by atoms with E-state index in [-0.39, 0.29) is 29.8 Å². The Labute approximate surface area is 217 Å². The van der Waals surface area contributed by atoms with E-state index in [0.717, 1.165) is 38.2 Å². The van der Waals surface area contributed by atoms with Gasteiger partial charge in [0.15, 0.2) is 0 Å². The zero-order valence-electron chi connectivity index (χ0n) is 19.9. The molecule has 1 spiro atoms. The lowest BCUT2D eigenvalue weighted by Crippen LogP contribution is -2.59. The van der Waals surface area contributed by atoms with Crippen LogP contribution in [-0.2, 0) is 29.6 Å². The summed E-state index contributed by atoms with van der Waals surface area (Å²) < 4.78 is 1.95. The van der Waals surface area contributed by atoms with Gasteiger partial charge in [-0.05, 0) is 54.7 Å². The van der Waals surface area contributed by atoms with Crippen LogP contribution in [0.1, 0.15) is 23.6 Å². The summed E-state index contributed by atoms with van der Waals surface area (Å²) in [7, 11) is 0. The Balaban J connectivity index is 0.00000253. The topological polar surface area (TPSA) is 53.4 Å². The first-order valence-electron chi connectivity index (χ1n) is 12.1. The van der Waals surface area contributed by atoms with Crippen LogP contribution in [0.4, 0.5) is 5.69 Å². The molecule has 6 nitrogen and oxygen atoms in total. The second-order valence-electron chi connectivity index (χ2n) is 10.2. The van der Waals surface area contributed by atoms with Crippen molar-refractivity contribution in [3.05, 3.63) is 82.6 Å². The SMILES string of the molecule is C[C@@H]1CN(CC(=O)N2CC3(Cc4ccccc4C3)c3ccc(Cl)cc32)[C@@H](Cn2cccn2)CN1.Cl. The molecule has 0 unspecified atom stereocenters. The number of carbonyl (C=O) groups excluding carboxylic acids is 1. The largest absolute Gasteiger partial charge is 0.311 e. The monoisotopic (exact) mass is 511 g/mol. The first-order chi connectivity index (χ1) is 16.5. The minimum Gasteiger partial charge on any atom is -0.311 e. The highest BCUT2D eigenvalue weighted by Crippen LogP contribution is 2.49. The highest BCUT2D eigenvalue weighted by molar-refractivity contribution is 6.31. The van der Waals surface area contributed by atoms with Gasteiger partial charge < -0.3 is 10.2 Å². The number of fused-ring (bicyclic) bond motifs is 3. The second kappa shape index (κ2) is 9.58. The minimum absolute atomic E-state index is 0. The summed E-state index contributed by atoms with van der Waals surface area (Å²) in [5, 5.41) is 8.62. The average Bonchev–Trinajstić information content (AvgIpc) is 3.53. The maximum Gasteiger partial charge on any atom is 0.241 e. The summed E-state index contributed by atoms with van der Waals surface area (Å²) in [6, 6.07) is 17.3. The average molecular weight is 512 g/mol. The van der Waals surface area contributed by atoms with E-state index in [1.165, 1.54) is 16.7 Å². The van der Waals surface area contributed by atoms with Crippen molar-refractivity contribution in [3.8, 4) is 0 Å². The van der Waals surface area contributed by atoms with Gasteiger partial charge in [-0.3, -0.25) is 14.4 Å². The van der Waals surface area contributed by atoms with Crippen molar-refractivity contribution in [2.24, 2.45) is 0 Å². The first-order valence-corrected chi connectivity index (χ1v) is 12.5. The fourth-order valence-electron chi connectivity index (χ4n) is 6.16. The van der Waals surface area contributed by atoms with Crippen molar-refractivity contribution < 1.29 is 4.79 Å². The van der Waals surface area contributed by atoms with Crippen LogP contribution >= 0.6 is 24.0 Å². The van der Waals surface area contributed by atoms with Gasteiger partial charge in [-0.2, -0.15) is 5.10 Å². The molecule has 3 heterocycles. The van der Waals surface area contributed by atoms with Crippen LogP contribution in [-0.4, -0.2) is 58.9 Å². The van der Waals surface area contributed by atoms with E-state index in [9.17, 15) is 4.79 Å². The lowest BCUT2D eigenvalue weighted by molar-refractivity contribution is -0.120. The fraction of sp³-hybridized carbons (Fsp3) is 0.407. The molecule has 2 atom stereocenters. The summed E-state index contributed by atoms with van der Waals surface area (Å²) >= 11 is 6.42. The van der Waals surface area contributed by atoms with Crippen molar-refractivity contribution in [2.75, 3.05) is 31.1 Å². The van der Waals surface area contributed by atoms with Gasteiger partial charge in [-0.1, -0.05) is 41.9 Å². The number of piperazine rings is 1. The molecule has 0 radical (unpaired) electrons. The van der Waals surface area contributed by atoms with Crippen LogP contribution in [0, 0.1) is 0 Å². The maximum atomic E-state index is 13.9. The van der Waals surface area contributed by atoms with Crippen LogP contribution < -0.4 is 10.2 Å². The molecule has 2 aliphatic heterocycles. The summed E-state index contributed by atoms with van der Waals surface area (Å²) in [6.07, 6.45) is 5.72. The second-order valence-corrected chi connectivity index (χ2v) is 10.6. The lowest BCUT2D eigenvalue weighted by Gasteiger charge is -2.39. The van der Waals surface area contributed by atoms with E-state index in [4.69, 9.17) is 11.6 Å². The van der Waals surface area contributed by atoms with E-state index in [1.54, 1.807) is 6.20 Å². The number of anilines is 1. The molecule has 6 rings (SSSR count). The van der Waals surface area contributed by atoms with Crippen LogP contribution in [0.15, 0.2) is 60.9 Å². The summed E-state index contributed by atoms with van der Waals surface area (Å²) in [6.45, 7) is 5.73. The number of hydrogen-bond donors (Lipinski definition) is 1. The summed E-state index contributed by atoms with van der Waals surface area (Å²) in [5.74, 6) is 0.149. The van der Waals surface area contributed by atoms with E-state index in [0.29, 0.717) is 24.2 Å². The van der Waals surface area contributed by atoms with Gasteiger partial charge in [0.1, 0.15) is 0 Å². The van der Waals surface area contributed by atoms with Gasteiger partial charge >= 0.3 is 0 Å². The highest BCUT2D eigenvalue weighted by atomic mass is 35.5. The van der Waals surface area contributed by atoms with Crippen molar-refractivity contribution in [2.45, 2.75) is 43.8 Å². The number of benzene rings is 2. The molecule has 1 fully saturated rings. The van der Waals surface area contributed by atoms with Gasteiger partial charge in [0.25, 0.3) is 0 Å². The molecule has 0 bridgehead atoms. The molecule has 1 N–H and O–H groups in total. The number of nitrogens with zero attached hydrogens (tertiary/aromatic N) is 4. The molecule has 1 aliphatic carbocycles. The van der Waals surface area contributed by atoms with Crippen molar-refractivity contribution in [3.63, 3.8) is 0 Å². The molecule has 0 saturated carbocycles. The number of hydrogen-bond acceptors (Lipinski definition) is 4. The number of rotatable bonds is 4. The number of amides is 1. The van der Waals surface area contributed by atoms with Crippen molar-refractivity contribution in [1.82, 2.24) is 20.0 Å². The van der Waals surface area contributed by atoms with Crippen LogP contribution in [0.3, 0.4) is 0 Å². The van der Waals surface area contributed by atoms with Gasteiger partial charge in [0.05, 0.1) is 13.1 Å². The maximum absolute atomic E-state index is 13.9. The third-order valence-corrected chi connectivity index (χ3v) is 8.02. The van der Waals surface area contributed by atoms with Crippen LogP contribution in [0.5, 0.6) is 0 Å². The minimum atomic E-state index is -0.0650. The predicted octanol–water partition coefficient (Wildman–Crippen LogP) is 3.70. The third kappa shape index (κ3) is 4.49. The normalized spacial score (nSPS) is 22.6. The van der Waals surface area contributed by atoms with Gasteiger partial charge in [0, 0.05) is 60.2 Å². The third-order valence-electron chi connectivity index (χ3n) is 7.78. The number of halogens is 2. The Morgan fingerprint density at radius 3 is 2.66 bits per heavy atom. The molecule has 8 heteroatoms. The molecule has 2 aromatic carbocycles. The molecular weight excluding hydrogens is 481 g/mol. The number of carbonyl (C=O) groups is 1. The number of aromatic nitrogens is 2. The van der Waals surface area contributed by atoms with E-state index in [2.05, 4.69) is 52.6 Å². The molecule has 3 aromatic rings. The fourth-order valence-corrected chi connectivity index (χ4v) is 6.32. The molecule has 1 saturated heterocycles. The molecule has 184 valence electrons. The van der Waals surface area contributed by atoms with Crippen LogP contribution in [0.25, 0.3) is 0 Å². The summed E-state index contributed by atoms with van der Waals surface area (Å²) in [5.41, 5.74) is 4.96. The lowest BCUT2D eigenvalue weighted by atomic mass is 9.79.